The van der Waals surface area contributed by atoms with Crippen molar-refractivity contribution >= 4 is 5.91 Å². The van der Waals surface area contributed by atoms with Gasteiger partial charge in [-0.1, -0.05) is 17.7 Å². The quantitative estimate of drug-likeness (QED) is 0.863. The van der Waals surface area contributed by atoms with Crippen LogP contribution in [0.25, 0.3) is 0 Å². The molecule has 18 heavy (non-hydrogen) atoms. The lowest BCUT2D eigenvalue weighted by Gasteiger charge is -2.13. The summed E-state index contributed by atoms with van der Waals surface area (Å²) in [5, 5.41) is 11.1. The van der Waals surface area contributed by atoms with Gasteiger partial charge in [-0.05, 0) is 31.4 Å². The maximum atomic E-state index is 11.2. The van der Waals surface area contributed by atoms with Crippen LogP contribution in [-0.4, -0.2) is 19.6 Å². The molecule has 1 aromatic rings. The van der Waals surface area contributed by atoms with Crippen LogP contribution in [0.2, 0.25) is 0 Å². The van der Waals surface area contributed by atoms with Crippen LogP contribution < -0.4 is 10.1 Å². The summed E-state index contributed by atoms with van der Waals surface area (Å²) in [4.78, 5) is 11.2. The number of amides is 1. The number of carbonyl (C=O) groups excluding carboxylic acids is 1. The lowest BCUT2D eigenvalue weighted by atomic mass is 10.0. The Labute approximate surface area is 108 Å². The molecule has 0 heterocycles. The number of carbonyl (C=O) groups is 1. The molecule has 0 saturated heterocycles. The van der Waals surface area contributed by atoms with Gasteiger partial charge in [0.25, 0.3) is 0 Å². The third-order valence-electron chi connectivity index (χ3n) is 2.66. The van der Waals surface area contributed by atoms with Gasteiger partial charge in [-0.25, -0.2) is 0 Å². The minimum atomic E-state index is -0.235. The van der Waals surface area contributed by atoms with Crippen molar-refractivity contribution in [3.8, 4) is 11.8 Å². The van der Waals surface area contributed by atoms with Crippen molar-refractivity contribution in [2.24, 2.45) is 0 Å². The van der Waals surface area contributed by atoms with Crippen molar-refractivity contribution in [2.45, 2.75) is 26.7 Å². The van der Waals surface area contributed by atoms with Crippen molar-refractivity contribution in [3.05, 3.63) is 28.8 Å². The standard InChI is InChI=1S/C14H18N2O2/c1-10-8-11(2)14(18-3)12(9-10)5-7-16-13(17)4-6-15/h8-9H,4-5,7H2,1-3H3,(H,16,17). The van der Waals surface area contributed by atoms with Gasteiger partial charge >= 0.3 is 0 Å². The van der Waals surface area contributed by atoms with Crippen molar-refractivity contribution < 1.29 is 9.53 Å². The number of rotatable bonds is 5. The summed E-state index contributed by atoms with van der Waals surface area (Å²) in [7, 11) is 1.65. The van der Waals surface area contributed by atoms with E-state index >= 15 is 0 Å². The fraction of sp³-hybridized carbons (Fsp3) is 0.429. The van der Waals surface area contributed by atoms with Gasteiger partial charge in [-0.2, -0.15) is 5.26 Å². The highest BCUT2D eigenvalue weighted by Crippen LogP contribution is 2.25. The average Bonchev–Trinajstić information content (AvgIpc) is 2.28. The summed E-state index contributed by atoms with van der Waals surface area (Å²) in [6.45, 7) is 4.55. The molecule has 0 atom stereocenters. The second-order valence-electron chi connectivity index (χ2n) is 4.21. The summed E-state index contributed by atoms with van der Waals surface area (Å²) in [6.07, 6.45) is 0.604. The fourth-order valence-electron chi connectivity index (χ4n) is 1.99. The predicted octanol–water partition coefficient (Wildman–Crippen LogP) is 1.88. The number of benzene rings is 1. The van der Waals surface area contributed by atoms with Crippen molar-refractivity contribution in [1.82, 2.24) is 5.32 Å². The first-order chi connectivity index (χ1) is 8.58. The summed E-state index contributed by atoms with van der Waals surface area (Å²) in [6, 6.07) is 5.94. The van der Waals surface area contributed by atoms with E-state index in [2.05, 4.69) is 17.4 Å². The number of methoxy groups -OCH3 is 1. The Balaban J connectivity index is 2.67. The van der Waals surface area contributed by atoms with Gasteiger partial charge in [0.2, 0.25) is 5.91 Å². The lowest BCUT2D eigenvalue weighted by molar-refractivity contribution is -0.120. The number of nitriles is 1. The highest BCUT2D eigenvalue weighted by molar-refractivity contribution is 5.77. The van der Waals surface area contributed by atoms with E-state index in [0.29, 0.717) is 13.0 Å². The maximum absolute atomic E-state index is 11.2. The molecule has 1 N–H and O–H groups in total. The SMILES string of the molecule is COc1c(C)cc(C)cc1CCNC(=O)CC#N. The Kier molecular flexibility index (Phi) is 5.19. The second kappa shape index (κ2) is 6.65. The van der Waals surface area contributed by atoms with Gasteiger partial charge in [-0.3, -0.25) is 4.79 Å². The first-order valence-corrected chi connectivity index (χ1v) is 5.86. The third-order valence-corrected chi connectivity index (χ3v) is 2.66. The van der Waals surface area contributed by atoms with E-state index in [1.54, 1.807) is 7.11 Å². The molecule has 0 fully saturated rings. The Morgan fingerprint density at radius 1 is 1.44 bits per heavy atom. The monoisotopic (exact) mass is 246 g/mol. The lowest BCUT2D eigenvalue weighted by Crippen LogP contribution is -2.25. The molecule has 0 radical (unpaired) electrons. The third kappa shape index (κ3) is 3.77. The molecule has 0 aliphatic rings. The molecule has 1 amide bonds. The number of nitrogens with zero attached hydrogens (tertiary/aromatic N) is 1. The van der Waals surface area contributed by atoms with Crippen molar-refractivity contribution in [1.29, 1.82) is 5.26 Å². The zero-order valence-electron chi connectivity index (χ0n) is 11.0. The molecule has 1 rings (SSSR count). The molecular formula is C14H18N2O2. The predicted molar refractivity (Wildman–Crippen MR) is 69.4 cm³/mol. The molecular weight excluding hydrogens is 228 g/mol. The van der Waals surface area contributed by atoms with Crippen molar-refractivity contribution in [3.63, 3.8) is 0 Å². The van der Waals surface area contributed by atoms with Gasteiger partial charge in [0.15, 0.2) is 0 Å². The smallest absolute Gasteiger partial charge is 0.234 e. The molecule has 0 aliphatic carbocycles. The number of nitrogens with one attached hydrogen (secondary N) is 1. The Bertz CT molecular complexity index is 475. The molecule has 4 heteroatoms. The van der Waals surface area contributed by atoms with E-state index in [1.807, 2.05) is 19.9 Å². The van der Waals surface area contributed by atoms with Gasteiger partial charge in [0.05, 0.1) is 13.2 Å². The largest absolute Gasteiger partial charge is 0.496 e. The summed E-state index contributed by atoms with van der Waals surface area (Å²) >= 11 is 0. The average molecular weight is 246 g/mol. The molecule has 0 bridgehead atoms. The molecule has 0 spiro atoms. The van der Waals surface area contributed by atoms with Gasteiger partial charge in [0.1, 0.15) is 12.2 Å². The molecule has 0 unspecified atom stereocenters. The van der Waals surface area contributed by atoms with Gasteiger partial charge < -0.3 is 10.1 Å². The maximum Gasteiger partial charge on any atom is 0.234 e. The van der Waals surface area contributed by atoms with Crippen LogP contribution in [0.15, 0.2) is 12.1 Å². The summed E-state index contributed by atoms with van der Waals surface area (Å²) in [5.41, 5.74) is 3.34. The zero-order valence-corrected chi connectivity index (χ0v) is 11.0. The van der Waals surface area contributed by atoms with E-state index < -0.39 is 0 Å². The number of hydrogen-bond acceptors (Lipinski definition) is 3. The molecule has 96 valence electrons. The van der Waals surface area contributed by atoms with E-state index in [1.165, 1.54) is 5.56 Å². The first kappa shape index (κ1) is 14.0. The second-order valence-corrected chi connectivity index (χ2v) is 4.21. The topological polar surface area (TPSA) is 62.1 Å². The highest BCUT2D eigenvalue weighted by Gasteiger charge is 2.08. The Morgan fingerprint density at radius 2 is 2.17 bits per heavy atom. The Morgan fingerprint density at radius 3 is 2.78 bits per heavy atom. The molecule has 0 aromatic heterocycles. The van der Waals surface area contributed by atoms with E-state index in [0.717, 1.165) is 16.9 Å². The normalized spacial score (nSPS) is 9.67. The van der Waals surface area contributed by atoms with Crippen LogP contribution in [0.3, 0.4) is 0 Å². The van der Waals surface area contributed by atoms with Crippen LogP contribution in [0.4, 0.5) is 0 Å². The minimum absolute atomic E-state index is 0.0933. The van der Waals surface area contributed by atoms with Crippen molar-refractivity contribution in [2.75, 3.05) is 13.7 Å². The summed E-state index contributed by atoms with van der Waals surface area (Å²) in [5.74, 6) is 0.635. The molecule has 1 aromatic carbocycles. The fourth-order valence-corrected chi connectivity index (χ4v) is 1.99. The van der Waals surface area contributed by atoms with E-state index in [4.69, 9.17) is 10.00 Å². The number of ether oxygens (including phenoxy) is 1. The first-order valence-electron chi connectivity index (χ1n) is 5.86. The van der Waals surface area contributed by atoms with E-state index in [-0.39, 0.29) is 12.3 Å². The van der Waals surface area contributed by atoms with Crippen LogP contribution in [-0.2, 0) is 11.2 Å². The van der Waals surface area contributed by atoms with Crippen LogP contribution in [0.1, 0.15) is 23.1 Å². The van der Waals surface area contributed by atoms with Crippen LogP contribution in [0.5, 0.6) is 5.75 Å². The minimum Gasteiger partial charge on any atom is -0.496 e. The van der Waals surface area contributed by atoms with Gasteiger partial charge in [-0.15, -0.1) is 0 Å². The molecule has 0 aliphatic heterocycles. The number of aryl methyl sites for hydroxylation is 2. The molecule has 0 saturated carbocycles. The number of hydrogen-bond donors (Lipinski definition) is 1. The van der Waals surface area contributed by atoms with E-state index in [9.17, 15) is 4.79 Å². The zero-order chi connectivity index (χ0) is 13.5. The Hall–Kier alpha value is -2.02. The summed E-state index contributed by atoms with van der Waals surface area (Å²) < 4.78 is 5.37. The molecule has 4 nitrogen and oxygen atoms in total. The van der Waals surface area contributed by atoms with Crippen LogP contribution >= 0.6 is 0 Å². The highest BCUT2D eigenvalue weighted by atomic mass is 16.5. The van der Waals surface area contributed by atoms with Crippen LogP contribution in [0, 0.1) is 25.2 Å². The van der Waals surface area contributed by atoms with Gasteiger partial charge in [0, 0.05) is 6.54 Å².